The first kappa shape index (κ1) is 20.9. The van der Waals surface area contributed by atoms with Crippen LogP contribution in [-0.4, -0.2) is 35.1 Å². The number of benzene rings is 2. The van der Waals surface area contributed by atoms with E-state index in [2.05, 4.69) is 48.0 Å². The van der Waals surface area contributed by atoms with E-state index in [1.54, 1.807) is 0 Å². The minimum atomic E-state index is -3.05. The summed E-state index contributed by atoms with van der Waals surface area (Å²) in [5.74, 6) is 1.24. The van der Waals surface area contributed by atoms with Crippen molar-refractivity contribution in [1.29, 1.82) is 0 Å². The first-order valence-corrected chi connectivity index (χ1v) is 13.1. The molecule has 4 aromatic rings. The molecule has 7 heteroatoms. The highest BCUT2D eigenvalue weighted by Gasteiger charge is 2.27. The minimum absolute atomic E-state index is 0.0208. The van der Waals surface area contributed by atoms with E-state index in [0.29, 0.717) is 17.8 Å². The van der Waals surface area contributed by atoms with E-state index in [0.717, 1.165) is 46.9 Å². The Labute approximate surface area is 188 Å². The van der Waals surface area contributed by atoms with Gasteiger partial charge in [-0.2, -0.15) is 4.98 Å². The summed E-state index contributed by atoms with van der Waals surface area (Å²) in [6.45, 7) is 4.33. The van der Waals surface area contributed by atoms with E-state index >= 15 is 0 Å². The monoisotopic (exact) mass is 449 g/mol. The summed E-state index contributed by atoms with van der Waals surface area (Å²) >= 11 is 0. The Morgan fingerprint density at radius 1 is 1.19 bits per heavy atom. The van der Waals surface area contributed by atoms with Gasteiger partial charge in [-0.15, -0.1) is 0 Å². The van der Waals surface area contributed by atoms with Crippen molar-refractivity contribution in [2.45, 2.75) is 45.1 Å². The Balaban J connectivity index is 1.50. The fraction of sp³-hybridized carbons (Fsp3) is 0.360. The number of aromatic nitrogens is 3. The van der Waals surface area contributed by atoms with Crippen LogP contribution in [0.15, 0.2) is 53.2 Å². The zero-order valence-electron chi connectivity index (χ0n) is 18.6. The molecule has 5 rings (SSSR count). The van der Waals surface area contributed by atoms with E-state index in [1.165, 1.54) is 11.8 Å². The van der Waals surface area contributed by atoms with Crippen LogP contribution in [0.3, 0.4) is 0 Å². The van der Waals surface area contributed by atoms with Gasteiger partial charge in [-0.25, -0.2) is 8.42 Å². The van der Waals surface area contributed by atoms with Gasteiger partial charge in [-0.3, -0.25) is 0 Å². The highest BCUT2D eigenvalue weighted by Crippen LogP contribution is 2.38. The van der Waals surface area contributed by atoms with Crippen molar-refractivity contribution < 1.29 is 12.9 Å². The van der Waals surface area contributed by atoms with Crippen LogP contribution in [0, 0.1) is 0 Å². The van der Waals surface area contributed by atoms with Crippen molar-refractivity contribution >= 4 is 20.7 Å². The van der Waals surface area contributed by atoms with Crippen LogP contribution in [0.5, 0.6) is 0 Å². The Morgan fingerprint density at radius 3 is 2.81 bits per heavy atom. The molecule has 0 spiro atoms. The van der Waals surface area contributed by atoms with Gasteiger partial charge in [-0.1, -0.05) is 23.4 Å². The maximum Gasteiger partial charge on any atom is 0.258 e. The number of hydrogen-bond donors (Lipinski definition) is 0. The van der Waals surface area contributed by atoms with Crippen molar-refractivity contribution in [1.82, 2.24) is 14.7 Å². The average Bonchev–Trinajstić information content (AvgIpc) is 3.39. The van der Waals surface area contributed by atoms with Crippen molar-refractivity contribution in [2.24, 2.45) is 0 Å². The lowest BCUT2D eigenvalue weighted by Gasteiger charge is -2.26. The molecule has 2 aromatic carbocycles. The summed E-state index contributed by atoms with van der Waals surface area (Å²) < 4.78 is 31.7. The van der Waals surface area contributed by atoms with E-state index < -0.39 is 9.84 Å². The van der Waals surface area contributed by atoms with Gasteiger partial charge >= 0.3 is 0 Å². The molecule has 1 aliphatic carbocycles. The summed E-state index contributed by atoms with van der Waals surface area (Å²) in [6.07, 6.45) is 6.14. The van der Waals surface area contributed by atoms with Gasteiger partial charge in [0.2, 0.25) is 5.82 Å². The molecule has 0 aliphatic heterocycles. The molecule has 2 heterocycles. The number of fused-ring (bicyclic) bond motifs is 2. The minimum Gasteiger partial charge on any atom is -0.345 e. The van der Waals surface area contributed by atoms with Gasteiger partial charge in [0.05, 0.1) is 5.75 Å². The molecule has 166 valence electrons. The Morgan fingerprint density at radius 2 is 2.03 bits per heavy atom. The Bertz CT molecular complexity index is 1400. The zero-order valence-corrected chi connectivity index (χ0v) is 19.4. The molecule has 0 bridgehead atoms. The molecular formula is C25H27N3O3S. The first-order valence-electron chi connectivity index (χ1n) is 11.0. The largest absolute Gasteiger partial charge is 0.345 e. The Hall–Kier alpha value is -2.93. The van der Waals surface area contributed by atoms with Crippen LogP contribution in [0.2, 0.25) is 0 Å². The van der Waals surface area contributed by atoms with Crippen LogP contribution >= 0.6 is 0 Å². The van der Waals surface area contributed by atoms with Crippen LogP contribution < -0.4 is 0 Å². The van der Waals surface area contributed by atoms with Gasteiger partial charge < -0.3 is 9.09 Å². The molecule has 6 nitrogen and oxygen atoms in total. The predicted molar refractivity (Wildman–Crippen MR) is 126 cm³/mol. The zero-order chi connectivity index (χ0) is 22.5. The van der Waals surface area contributed by atoms with E-state index in [1.807, 2.05) is 24.3 Å². The Kier molecular flexibility index (Phi) is 5.16. The standard InChI is InChI=1S/C25H27N3O3S/c1-16(2)28-13-12-17-14-18(10-11-23(17)28)25-26-24(27-31-25)22-9-5-7-20-19(15-32(3,29)30)6-4-8-21(20)22/h5,7,9-14,16,19H,4,6,8,15H2,1-3H3. The van der Waals surface area contributed by atoms with E-state index in [-0.39, 0.29) is 11.7 Å². The summed E-state index contributed by atoms with van der Waals surface area (Å²) in [6, 6.07) is 14.7. The van der Waals surface area contributed by atoms with Crippen LogP contribution in [0.25, 0.3) is 33.7 Å². The second-order valence-corrected chi connectivity index (χ2v) is 11.3. The first-order chi connectivity index (χ1) is 15.3. The molecule has 0 fully saturated rings. The maximum atomic E-state index is 11.9. The van der Waals surface area contributed by atoms with Crippen LogP contribution in [0.4, 0.5) is 0 Å². The number of nitrogens with zero attached hydrogens (tertiary/aromatic N) is 3. The van der Waals surface area contributed by atoms with Crippen LogP contribution in [-0.2, 0) is 16.3 Å². The molecule has 1 unspecified atom stereocenters. The second-order valence-electron chi connectivity index (χ2n) is 9.07. The molecule has 0 radical (unpaired) electrons. The average molecular weight is 450 g/mol. The number of rotatable bonds is 5. The third kappa shape index (κ3) is 3.86. The molecule has 0 N–H and O–H groups in total. The fourth-order valence-corrected chi connectivity index (χ4v) is 5.97. The molecule has 1 aliphatic rings. The highest BCUT2D eigenvalue weighted by atomic mass is 32.2. The van der Waals surface area contributed by atoms with Gasteiger partial charge in [0.15, 0.2) is 0 Å². The molecular weight excluding hydrogens is 422 g/mol. The number of sulfone groups is 1. The SMILES string of the molecule is CC(C)n1ccc2cc(-c3nc(-c4cccc5c4CCCC5CS(C)(=O)=O)no3)ccc21. The smallest absolute Gasteiger partial charge is 0.258 e. The molecule has 0 saturated heterocycles. The molecule has 32 heavy (non-hydrogen) atoms. The van der Waals surface area contributed by atoms with Crippen molar-refractivity contribution in [3.05, 3.63) is 59.8 Å². The summed E-state index contributed by atoms with van der Waals surface area (Å²) in [5.41, 5.74) is 5.24. The summed E-state index contributed by atoms with van der Waals surface area (Å²) in [5, 5.41) is 5.41. The van der Waals surface area contributed by atoms with Crippen LogP contribution in [0.1, 0.15) is 49.8 Å². The van der Waals surface area contributed by atoms with E-state index in [4.69, 9.17) is 9.51 Å². The molecule has 1 atom stereocenters. The van der Waals surface area contributed by atoms with E-state index in [9.17, 15) is 8.42 Å². The van der Waals surface area contributed by atoms with Gasteiger partial charge in [0.1, 0.15) is 9.84 Å². The maximum absolute atomic E-state index is 11.9. The summed E-state index contributed by atoms with van der Waals surface area (Å²) in [7, 11) is -3.05. The molecule has 2 aromatic heterocycles. The predicted octanol–water partition coefficient (Wildman–Crippen LogP) is 5.40. The third-order valence-corrected chi connectivity index (χ3v) is 7.33. The third-order valence-electron chi connectivity index (χ3n) is 6.33. The fourth-order valence-electron chi connectivity index (χ4n) is 4.89. The molecule has 0 saturated carbocycles. The lowest BCUT2D eigenvalue weighted by Crippen LogP contribution is -2.19. The lowest BCUT2D eigenvalue weighted by atomic mass is 9.81. The highest BCUT2D eigenvalue weighted by molar-refractivity contribution is 7.90. The van der Waals surface area contributed by atoms with Gasteiger partial charge in [-0.05, 0) is 74.4 Å². The normalized spacial score (nSPS) is 16.6. The van der Waals surface area contributed by atoms with Gasteiger partial charge in [0.25, 0.3) is 5.89 Å². The lowest BCUT2D eigenvalue weighted by molar-refractivity contribution is 0.432. The molecule has 0 amide bonds. The second kappa shape index (κ2) is 7.89. The summed E-state index contributed by atoms with van der Waals surface area (Å²) in [4.78, 5) is 4.70. The van der Waals surface area contributed by atoms with Crippen molar-refractivity contribution in [2.75, 3.05) is 12.0 Å². The van der Waals surface area contributed by atoms with Crippen molar-refractivity contribution in [3.8, 4) is 22.8 Å². The topological polar surface area (TPSA) is 78.0 Å². The van der Waals surface area contributed by atoms with Crippen molar-refractivity contribution in [3.63, 3.8) is 0 Å². The van der Waals surface area contributed by atoms with Gasteiger partial charge in [0, 0.05) is 40.5 Å². The quantitative estimate of drug-likeness (QED) is 0.407. The number of hydrogen-bond acceptors (Lipinski definition) is 5.